The fraction of sp³-hybridized carbons (Fsp3) is 0.643. The van der Waals surface area contributed by atoms with Crippen molar-refractivity contribution in [2.45, 2.75) is 52.6 Å². The van der Waals surface area contributed by atoms with Crippen LogP contribution in [0.15, 0.2) is 17.5 Å². The maximum atomic E-state index is 12.3. The largest absolute Gasteiger partial charge is 0.335 e. The molecule has 2 nitrogen and oxygen atoms in total. The van der Waals surface area contributed by atoms with Crippen molar-refractivity contribution < 1.29 is 4.79 Å². The predicted octanol–water partition coefficient (Wildman–Crippen LogP) is 3.68. The first-order valence-electron chi connectivity index (χ1n) is 6.27. The van der Waals surface area contributed by atoms with Gasteiger partial charge in [0.1, 0.15) is 0 Å². The molecule has 1 aliphatic carbocycles. The van der Waals surface area contributed by atoms with E-state index in [4.69, 9.17) is 0 Å². The van der Waals surface area contributed by atoms with Crippen molar-refractivity contribution in [2.24, 2.45) is 5.41 Å². The molecule has 0 atom stereocenters. The SMILES string of the molecule is CC(C)(C)CC(=O)N(Cc1cccs1)C1CC1. The molecule has 1 saturated carbocycles. The minimum Gasteiger partial charge on any atom is -0.335 e. The molecule has 2 rings (SSSR count). The van der Waals surface area contributed by atoms with Gasteiger partial charge in [0.15, 0.2) is 0 Å². The zero-order chi connectivity index (χ0) is 12.5. The van der Waals surface area contributed by atoms with Crippen LogP contribution in [0.3, 0.4) is 0 Å². The van der Waals surface area contributed by atoms with Gasteiger partial charge in [0.25, 0.3) is 0 Å². The molecule has 0 saturated heterocycles. The van der Waals surface area contributed by atoms with E-state index in [9.17, 15) is 4.79 Å². The second-order valence-corrected chi connectivity index (χ2v) is 7.10. The monoisotopic (exact) mass is 251 g/mol. The number of hydrogen-bond donors (Lipinski definition) is 0. The van der Waals surface area contributed by atoms with Gasteiger partial charge in [0.2, 0.25) is 5.91 Å². The zero-order valence-corrected chi connectivity index (χ0v) is 11.7. The summed E-state index contributed by atoms with van der Waals surface area (Å²) in [5, 5.41) is 2.08. The molecule has 1 amide bonds. The number of carbonyl (C=O) groups is 1. The molecule has 0 N–H and O–H groups in total. The lowest BCUT2D eigenvalue weighted by atomic mass is 9.91. The highest BCUT2D eigenvalue weighted by molar-refractivity contribution is 7.09. The van der Waals surface area contributed by atoms with Crippen LogP contribution in [0.1, 0.15) is 44.9 Å². The number of rotatable bonds is 4. The van der Waals surface area contributed by atoms with Crippen molar-refractivity contribution in [3.63, 3.8) is 0 Å². The van der Waals surface area contributed by atoms with E-state index in [1.165, 1.54) is 17.7 Å². The van der Waals surface area contributed by atoms with E-state index in [-0.39, 0.29) is 5.41 Å². The van der Waals surface area contributed by atoms with Crippen LogP contribution in [0.25, 0.3) is 0 Å². The number of carbonyl (C=O) groups excluding carboxylic acids is 1. The van der Waals surface area contributed by atoms with Crippen LogP contribution in [0.2, 0.25) is 0 Å². The van der Waals surface area contributed by atoms with Crippen molar-refractivity contribution in [3.8, 4) is 0 Å². The molecule has 1 aromatic rings. The second-order valence-electron chi connectivity index (χ2n) is 6.07. The van der Waals surface area contributed by atoms with Crippen LogP contribution in [0.4, 0.5) is 0 Å². The van der Waals surface area contributed by atoms with Crippen molar-refractivity contribution in [3.05, 3.63) is 22.4 Å². The Bertz CT molecular complexity index is 373. The Balaban J connectivity index is 1.99. The van der Waals surface area contributed by atoms with Crippen LogP contribution in [0, 0.1) is 5.41 Å². The van der Waals surface area contributed by atoms with Gasteiger partial charge in [0, 0.05) is 17.3 Å². The first kappa shape index (κ1) is 12.6. The summed E-state index contributed by atoms with van der Waals surface area (Å²) in [5.41, 5.74) is 0.0830. The van der Waals surface area contributed by atoms with Gasteiger partial charge in [-0.3, -0.25) is 4.79 Å². The summed E-state index contributed by atoms with van der Waals surface area (Å²) in [6.07, 6.45) is 3.01. The van der Waals surface area contributed by atoms with Crippen molar-refractivity contribution >= 4 is 17.2 Å². The Morgan fingerprint density at radius 1 is 1.47 bits per heavy atom. The zero-order valence-electron chi connectivity index (χ0n) is 10.9. The summed E-state index contributed by atoms with van der Waals surface area (Å²) in [4.78, 5) is 15.7. The van der Waals surface area contributed by atoms with E-state index < -0.39 is 0 Å². The molecule has 0 unspecified atom stereocenters. The van der Waals surface area contributed by atoms with Crippen LogP contribution < -0.4 is 0 Å². The normalized spacial score (nSPS) is 15.9. The highest BCUT2D eigenvalue weighted by atomic mass is 32.1. The van der Waals surface area contributed by atoms with Gasteiger partial charge in [0.05, 0.1) is 6.54 Å². The fourth-order valence-corrected chi connectivity index (χ4v) is 2.64. The number of hydrogen-bond acceptors (Lipinski definition) is 2. The Morgan fingerprint density at radius 3 is 2.65 bits per heavy atom. The Labute approximate surface area is 108 Å². The van der Waals surface area contributed by atoms with Gasteiger partial charge < -0.3 is 4.90 Å². The van der Waals surface area contributed by atoms with Crippen LogP contribution >= 0.6 is 11.3 Å². The highest BCUT2D eigenvalue weighted by Gasteiger charge is 2.33. The van der Waals surface area contributed by atoms with Gasteiger partial charge in [-0.25, -0.2) is 0 Å². The molecular formula is C14H21NOS. The van der Waals surface area contributed by atoms with Crippen LogP contribution in [0.5, 0.6) is 0 Å². The topological polar surface area (TPSA) is 20.3 Å². The lowest BCUT2D eigenvalue weighted by molar-refractivity contribution is -0.134. The molecule has 0 aliphatic heterocycles. The summed E-state index contributed by atoms with van der Waals surface area (Å²) in [7, 11) is 0. The van der Waals surface area contributed by atoms with Crippen molar-refractivity contribution in [2.75, 3.05) is 0 Å². The fourth-order valence-electron chi connectivity index (χ4n) is 1.93. The summed E-state index contributed by atoms with van der Waals surface area (Å²) >= 11 is 1.74. The molecule has 1 heterocycles. The molecule has 17 heavy (non-hydrogen) atoms. The van der Waals surface area contributed by atoms with Crippen LogP contribution in [-0.2, 0) is 11.3 Å². The summed E-state index contributed by atoms with van der Waals surface area (Å²) < 4.78 is 0. The third-order valence-electron chi connectivity index (χ3n) is 2.90. The summed E-state index contributed by atoms with van der Waals surface area (Å²) in [6.45, 7) is 7.18. The van der Waals surface area contributed by atoms with E-state index in [1.807, 2.05) is 0 Å². The molecule has 1 aliphatic rings. The average molecular weight is 251 g/mol. The van der Waals surface area contributed by atoms with Gasteiger partial charge in [-0.15, -0.1) is 11.3 Å². The Morgan fingerprint density at radius 2 is 2.18 bits per heavy atom. The van der Waals surface area contributed by atoms with E-state index >= 15 is 0 Å². The van der Waals surface area contributed by atoms with Crippen molar-refractivity contribution in [1.29, 1.82) is 0 Å². The lowest BCUT2D eigenvalue weighted by Crippen LogP contribution is -2.34. The molecule has 94 valence electrons. The number of amides is 1. The predicted molar refractivity (Wildman–Crippen MR) is 72.0 cm³/mol. The van der Waals surface area contributed by atoms with E-state index in [0.717, 1.165) is 6.54 Å². The third kappa shape index (κ3) is 3.84. The first-order valence-corrected chi connectivity index (χ1v) is 7.15. The van der Waals surface area contributed by atoms with E-state index in [2.05, 4.69) is 43.2 Å². The molecule has 3 heteroatoms. The highest BCUT2D eigenvalue weighted by Crippen LogP contribution is 2.31. The first-order chi connectivity index (χ1) is 7.96. The van der Waals surface area contributed by atoms with Gasteiger partial charge in [-0.1, -0.05) is 26.8 Å². The molecular weight excluding hydrogens is 230 g/mol. The molecule has 0 spiro atoms. The number of nitrogens with zero attached hydrogens (tertiary/aromatic N) is 1. The van der Waals surface area contributed by atoms with Gasteiger partial charge in [-0.2, -0.15) is 0 Å². The van der Waals surface area contributed by atoms with Crippen LogP contribution in [-0.4, -0.2) is 16.8 Å². The molecule has 0 bridgehead atoms. The lowest BCUT2D eigenvalue weighted by Gasteiger charge is -2.26. The smallest absolute Gasteiger partial charge is 0.223 e. The van der Waals surface area contributed by atoms with E-state index in [0.29, 0.717) is 18.4 Å². The minimum absolute atomic E-state index is 0.0830. The summed E-state index contributed by atoms with van der Waals surface area (Å²) in [5.74, 6) is 0.313. The molecule has 0 aromatic carbocycles. The standard InChI is InChI=1S/C14H21NOS/c1-14(2,3)9-13(16)15(11-6-7-11)10-12-5-4-8-17-12/h4-5,8,11H,6-7,9-10H2,1-3H3. The second kappa shape index (κ2) is 4.81. The van der Waals surface area contributed by atoms with Gasteiger partial charge >= 0.3 is 0 Å². The Kier molecular flexibility index (Phi) is 3.57. The molecule has 1 aromatic heterocycles. The minimum atomic E-state index is 0.0830. The van der Waals surface area contributed by atoms with E-state index in [1.54, 1.807) is 11.3 Å². The average Bonchev–Trinajstić information content (AvgIpc) is 2.89. The number of thiophene rings is 1. The third-order valence-corrected chi connectivity index (χ3v) is 3.76. The summed E-state index contributed by atoms with van der Waals surface area (Å²) in [6, 6.07) is 4.68. The Hall–Kier alpha value is -0.830. The van der Waals surface area contributed by atoms with Gasteiger partial charge in [-0.05, 0) is 29.7 Å². The molecule has 0 radical (unpaired) electrons. The maximum Gasteiger partial charge on any atom is 0.223 e. The van der Waals surface area contributed by atoms with Crippen molar-refractivity contribution in [1.82, 2.24) is 4.90 Å². The maximum absolute atomic E-state index is 12.3. The molecule has 1 fully saturated rings. The quantitative estimate of drug-likeness (QED) is 0.799.